The number of hydrogen-bond donors (Lipinski definition) is 1. The number of benzene rings is 1. The van der Waals surface area contributed by atoms with Gasteiger partial charge < -0.3 is 24.7 Å². The van der Waals surface area contributed by atoms with Crippen LogP contribution in [0.25, 0.3) is 0 Å². The lowest BCUT2D eigenvalue weighted by molar-refractivity contribution is 0.000930. The van der Waals surface area contributed by atoms with E-state index in [4.69, 9.17) is 24.7 Å². The average molecular weight is 323 g/mol. The molecule has 1 saturated heterocycles. The monoisotopic (exact) mass is 323 g/mol. The first-order chi connectivity index (χ1) is 11.2. The van der Waals surface area contributed by atoms with Gasteiger partial charge in [-0.15, -0.1) is 0 Å². The van der Waals surface area contributed by atoms with Crippen LogP contribution in [0.3, 0.4) is 0 Å². The Morgan fingerprint density at radius 3 is 1.52 bits per heavy atom. The van der Waals surface area contributed by atoms with Gasteiger partial charge in [0.25, 0.3) is 0 Å². The summed E-state index contributed by atoms with van der Waals surface area (Å²) in [4.78, 5) is 0. The van der Waals surface area contributed by atoms with Crippen molar-refractivity contribution in [3.05, 3.63) is 35.4 Å². The van der Waals surface area contributed by atoms with Crippen LogP contribution < -0.4 is 5.73 Å². The summed E-state index contributed by atoms with van der Waals surface area (Å²) in [5, 5.41) is 0. The standard InChI is InChI=1S/C18H29NO4/c1-16-2-4-17(5-3-16)18(19)6-8-20-10-12-22-14-15-23-13-11-21-9-7-18/h2-5H,6-15,19H2,1H3. The Hall–Kier alpha value is -0.980. The van der Waals surface area contributed by atoms with E-state index >= 15 is 0 Å². The summed E-state index contributed by atoms with van der Waals surface area (Å²) >= 11 is 0. The Morgan fingerprint density at radius 2 is 1.09 bits per heavy atom. The van der Waals surface area contributed by atoms with Crippen LogP contribution in [0.15, 0.2) is 24.3 Å². The summed E-state index contributed by atoms with van der Waals surface area (Å²) in [5.74, 6) is 0. The van der Waals surface area contributed by atoms with Gasteiger partial charge in [-0.05, 0) is 25.3 Å². The Bertz CT molecular complexity index is 419. The van der Waals surface area contributed by atoms with Crippen LogP contribution in [0, 0.1) is 6.92 Å². The Morgan fingerprint density at radius 1 is 0.696 bits per heavy atom. The van der Waals surface area contributed by atoms with E-state index in [-0.39, 0.29) is 0 Å². The predicted octanol–water partition coefficient (Wildman–Crippen LogP) is 2.01. The van der Waals surface area contributed by atoms with Crippen molar-refractivity contribution in [2.45, 2.75) is 25.3 Å². The van der Waals surface area contributed by atoms with Crippen molar-refractivity contribution < 1.29 is 18.9 Å². The lowest BCUT2D eigenvalue weighted by atomic mass is 9.84. The number of aryl methyl sites for hydroxylation is 1. The molecule has 2 rings (SSSR count). The van der Waals surface area contributed by atoms with Gasteiger partial charge in [-0.2, -0.15) is 0 Å². The number of hydrogen-bond acceptors (Lipinski definition) is 5. The minimum atomic E-state index is -0.435. The summed E-state index contributed by atoms with van der Waals surface area (Å²) < 4.78 is 22.2. The maximum atomic E-state index is 6.69. The second kappa shape index (κ2) is 10.0. The molecule has 1 heterocycles. The fraction of sp³-hybridized carbons (Fsp3) is 0.667. The van der Waals surface area contributed by atoms with E-state index in [0.717, 1.165) is 18.4 Å². The number of nitrogens with two attached hydrogens (primary N) is 1. The third kappa shape index (κ3) is 6.57. The molecule has 0 atom stereocenters. The van der Waals surface area contributed by atoms with Gasteiger partial charge in [0.2, 0.25) is 0 Å². The fourth-order valence-corrected chi connectivity index (χ4v) is 2.57. The van der Waals surface area contributed by atoms with Crippen molar-refractivity contribution in [1.29, 1.82) is 0 Å². The molecule has 0 radical (unpaired) electrons. The lowest BCUT2D eigenvalue weighted by Crippen LogP contribution is -2.39. The van der Waals surface area contributed by atoms with E-state index < -0.39 is 5.54 Å². The highest BCUT2D eigenvalue weighted by atomic mass is 16.6. The molecule has 1 aromatic rings. The molecule has 23 heavy (non-hydrogen) atoms. The van der Waals surface area contributed by atoms with Crippen LogP contribution in [0.2, 0.25) is 0 Å². The van der Waals surface area contributed by atoms with Gasteiger partial charge in [0.05, 0.1) is 39.6 Å². The van der Waals surface area contributed by atoms with Crippen LogP contribution in [0.5, 0.6) is 0 Å². The quantitative estimate of drug-likeness (QED) is 0.856. The molecule has 1 fully saturated rings. The molecular formula is C18H29NO4. The van der Waals surface area contributed by atoms with Gasteiger partial charge in [0.15, 0.2) is 0 Å². The minimum absolute atomic E-state index is 0.435. The van der Waals surface area contributed by atoms with Gasteiger partial charge in [-0.25, -0.2) is 0 Å². The van der Waals surface area contributed by atoms with E-state index in [9.17, 15) is 0 Å². The SMILES string of the molecule is Cc1ccc(C2(N)CCOCCOCCOCCOCC2)cc1. The first kappa shape index (κ1) is 18.4. The van der Waals surface area contributed by atoms with E-state index in [2.05, 4.69) is 31.2 Å². The van der Waals surface area contributed by atoms with Crippen LogP contribution >= 0.6 is 0 Å². The molecule has 5 nitrogen and oxygen atoms in total. The molecule has 130 valence electrons. The molecule has 0 aromatic heterocycles. The molecule has 0 saturated carbocycles. The van der Waals surface area contributed by atoms with Gasteiger partial charge >= 0.3 is 0 Å². The topological polar surface area (TPSA) is 62.9 Å². The Balaban J connectivity index is 1.97. The molecule has 1 aromatic carbocycles. The fourth-order valence-electron chi connectivity index (χ4n) is 2.57. The predicted molar refractivity (Wildman–Crippen MR) is 89.6 cm³/mol. The molecule has 2 N–H and O–H groups in total. The van der Waals surface area contributed by atoms with Gasteiger partial charge in [0.1, 0.15) is 0 Å². The molecule has 0 bridgehead atoms. The maximum Gasteiger partial charge on any atom is 0.0701 e. The molecule has 0 spiro atoms. The smallest absolute Gasteiger partial charge is 0.0701 e. The number of rotatable bonds is 1. The third-order valence-corrected chi connectivity index (χ3v) is 4.13. The summed E-state index contributed by atoms with van der Waals surface area (Å²) in [6.45, 7) is 6.83. The first-order valence-corrected chi connectivity index (χ1v) is 8.38. The van der Waals surface area contributed by atoms with Crippen molar-refractivity contribution >= 4 is 0 Å². The van der Waals surface area contributed by atoms with Crippen molar-refractivity contribution in [1.82, 2.24) is 0 Å². The zero-order chi connectivity index (χ0) is 16.4. The first-order valence-electron chi connectivity index (χ1n) is 8.38. The van der Waals surface area contributed by atoms with Crippen molar-refractivity contribution in [3.63, 3.8) is 0 Å². The van der Waals surface area contributed by atoms with E-state index in [0.29, 0.717) is 52.9 Å². The number of ether oxygens (including phenoxy) is 4. The highest BCUT2D eigenvalue weighted by Gasteiger charge is 2.27. The van der Waals surface area contributed by atoms with E-state index in [1.54, 1.807) is 0 Å². The second-order valence-electron chi connectivity index (χ2n) is 5.97. The maximum absolute atomic E-state index is 6.69. The van der Waals surface area contributed by atoms with Crippen LogP contribution in [-0.2, 0) is 24.5 Å². The zero-order valence-electron chi connectivity index (χ0n) is 14.1. The van der Waals surface area contributed by atoms with Crippen molar-refractivity contribution in [2.24, 2.45) is 5.73 Å². The van der Waals surface area contributed by atoms with E-state index in [1.807, 2.05) is 0 Å². The third-order valence-electron chi connectivity index (χ3n) is 4.13. The molecular weight excluding hydrogens is 294 g/mol. The highest BCUT2D eigenvalue weighted by Crippen LogP contribution is 2.26. The molecule has 1 aliphatic rings. The summed E-state index contributed by atoms with van der Waals surface area (Å²) in [6.07, 6.45) is 1.52. The molecule has 0 unspecified atom stereocenters. The largest absolute Gasteiger partial charge is 0.379 e. The van der Waals surface area contributed by atoms with Crippen molar-refractivity contribution in [3.8, 4) is 0 Å². The van der Waals surface area contributed by atoms with Crippen molar-refractivity contribution in [2.75, 3.05) is 52.9 Å². The second-order valence-corrected chi connectivity index (χ2v) is 5.97. The van der Waals surface area contributed by atoms with Crippen LogP contribution in [0.4, 0.5) is 0 Å². The minimum Gasteiger partial charge on any atom is -0.379 e. The molecule has 1 aliphatic heterocycles. The highest BCUT2D eigenvalue weighted by molar-refractivity contribution is 5.27. The van der Waals surface area contributed by atoms with Gasteiger partial charge in [-0.3, -0.25) is 0 Å². The molecule has 0 amide bonds. The Kier molecular flexibility index (Phi) is 7.99. The Labute approximate surface area is 139 Å². The van der Waals surface area contributed by atoms with Gasteiger partial charge in [-0.1, -0.05) is 29.8 Å². The molecule has 0 aliphatic carbocycles. The van der Waals surface area contributed by atoms with Gasteiger partial charge in [0, 0.05) is 18.8 Å². The van der Waals surface area contributed by atoms with Crippen LogP contribution in [0.1, 0.15) is 24.0 Å². The summed E-state index contributed by atoms with van der Waals surface area (Å²) in [7, 11) is 0. The summed E-state index contributed by atoms with van der Waals surface area (Å²) in [5.41, 5.74) is 8.62. The molecule has 5 heteroatoms. The summed E-state index contributed by atoms with van der Waals surface area (Å²) in [6, 6.07) is 8.41. The zero-order valence-corrected chi connectivity index (χ0v) is 14.1. The normalized spacial score (nSPS) is 22.0. The average Bonchev–Trinajstić information content (AvgIpc) is 2.56. The lowest BCUT2D eigenvalue weighted by Gasteiger charge is -2.30. The van der Waals surface area contributed by atoms with E-state index in [1.165, 1.54) is 5.56 Å². The van der Waals surface area contributed by atoms with Crippen LogP contribution in [-0.4, -0.2) is 52.9 Å².